The van der Waals surface area contributed by atoms with Crippen molar-refractivity contribution in [2.45, 2.75) is 38.8 Å². The van der Waals surface area contributed by atoms with Crippen LogP contribution in [0.1, 0.15) is 47.8 Å². The standard InChI is InChI=1S/C16H21N3/c1-11(15-10-17-19(3)12(15)2)18-16-9-8-13-6-4-5-7-14(13)16/h4-7,10-11,16,18H,8-9H2,1-3H3. The van der Waals surface area contributed by atoms with Crippen LogP contribution in [0.4, 0.5) is 0 Å². The number of nitrogens with zero attached hydrogens (tertiary/aromatic N) is 2. The summed E-state index contributed by atoms with van der Waals surface area (Å²) >= 11 is 0. The zero-order valence-corrected chi connectivity index (χ0v) is 11.9. The summed E-state index contributed by atoms with van der Waals surface area (Å²) in [7, 11) is 2.00. The zero-order valence-electron chi connectivity index (χ0n) is 11.9. The smallest absolute Gasteiger partial charge is 0.0540 e. The Balaban J connectivity index is 1.78. The highest BCUT2D eigenvalue weighted by Crippen LogP contribution is 2.33. The number of fused-ring (bicyclic) bond motifs is 1. The summed E-state index contributed by atoms with van der Waals surface area (Å²) in [5.41, 5.74) is 5.50. The van der Waals surface area contributed by atoms with Crippen molar-refractivity contribution in [1.82, 2.24) is 15.1 Å². The van der Waals surface area contributed by atoms with Crippen LogP contribution in [0, 0.1) is 6.92 Å². The van der Waals surface area contributed by atoms with Crippen molar-refractivity contribution in [3.8, 4) is 0 Å². The van der Waals surface area contributed by atoms with Crippen LogP contribution >= 0.6 is 0 Å². The van der Waals surface area contributed by atoms with Crippen LogP contribution in [0.3, 0.4) is 0 Å². The van der Waals surface area contributed by atoms with Gasteiger partial charge in [0.25, 0.3) is 0 Å². The molecule has 19 heavy (non-hydrogen) atoms. The maximum Gasteiger partial charge on any atom is 0.0540 e. The molecule has 3 nitrogen and oxygen atoms in total. The highest BCUT2D eigenvalue weighted by molar-refractivity contribution is 5.34. The highest BCUT2D eigenvalue weighted by atomic mass is 15.3. The topological polar surface area (TPSA) is 29.9 Å². The van der Waals surface area contributed by atoms with Crippen molar-refractivity contribution in [2.24, 2.45) is 7.05 Å². The molecule has 0 bridgehead atoms. The van der Waals surface area contributed by atoms with Gasteiger partial charge in [0, 0.05) is 30.4 Å². The first-order valence-corrected chi connectivity index (χ1v) is 6.99. The van der Waals surface area contributed by atoms with E-state index in [1.165, 1.54) is 35.2 Å². The number of benzene rings is 1. The minimum Gasteiger partial charge on any atom is -0.303 e. The molecule has 0 aliphatic heterocycles. The minimum absolute atomic E-state index is 0.338. The highest BCUT2D eigenvalue weighted by Gasteiger charge is 2.24. The van der Waals surface area contributed by atoms with Crippen LogP contribution < -0.4 is 5.32 Å². The third-order valence-electron chi connectivity index (χ3n) is 4.32. The SMILES string of the molecule is Cc1c(C(C)NC2CCc3ccccc32)cnn1C. The van der Waals surface area contributed by atoms with Gasteiger partial charge in [0.05, 0.1) is 6.20 Å². The van der Waals surface area contributed by atoms with Crippen molar-refractivity contribution in [3.63, 3.8) is 0 Å². The normalized spacial score (nSPS) is 19.4. The summed E-state index contributed by atoms with van der Waals surface area (Å²) < 4.78 is 1.94. The van der Waals surface area contributed by atoms with Crippen molar-refractivity contribution in [1.29, 1.82) is 0 Å². The van der Waals surface area contributed by atoms with Gasteiger partial charge in [-0.3, -0.25) is 4.68 Å². The molecule has 1 aliphatic carbocycles. The van der Waals surface area contributed by atoms with Crippen LogP contribution in [0.25, 0.3) is 0 Å². The molecule has 0 saturated heterocycles. The lowest BCUT2D eigenvalue weighted by atomic mass is 10.1. The number of aromatic nitrogens is 2. The van der Waals surface area contributed by atoms with E-state index in [9.17, 15) is 0 Å². The molecule has 3 rings (SSSR count). The molecule has 2 atom stereocenters. The Morgan fingerprint density at radius 3 is 2.89 bits per heavy atom. The first kappa shape index (κ1) is 12.4. The monoisotopic (exact) mass is 255 g/mol. The van der Waals surface area contributed by atoms with Gasteiger partial charge in [-0.05, 0) is 37.8 Å². The molecular weight excluding hydrogens is 234 g/mol. The summed E-state index contributed by atoms with van der Waals surface area (Å²) in [6.07, 6.45) is 4.36. The van der Waals surface area contributed by atoms with Gasteiger partial charge in [-0.15, -0.1) is 0 Å². The van der Waals surface area contributed by atoms with Crippen LogP contribution in [0.15, 0.2) is 30.5 Å². The van der Waals surface area contributed by atoms with Crippen LogP contribution in [0.5, 0.6) is 0 Å². The molecule has 100 valence electrons. The fourth-order valence-corrected chi connectivity index (χ4v) is 3.06. The van der Waals surface area contributed by atoms with Crippen molar-refractivity contribution in [3.05, 3.63) is 52.8 Å². The Bertz CT molecular complexity index is 585. The quantitative estimate of drug-likeness (QED) is 0.913. The molecule has 1 aliphatic rings. The lowest BCUT2D eigenvalue weighted by molar-refractivity contribution is 0.463. The summed E-state index contributed by atoms with van der Waals surface area (Å²) in [6, 6.07) is 9.59. The summed E-state index contributed by atoms with van der Waals surface area (Å²) in [5, 5.41) is 8.08. The van der Waals surface area contributed by atoms with E-state index in [-0.39, 0.29) is 0 Å². The van der Waals surface area contributed by atoms with E-state index in [4.69, 9.17) is 0 Å². The van der Waals surface area contributed by atoms with E-state index >= 15 is 0 Å². The molecular formula is C16H21N3. The second-order valence-corrected chi connectivity index (χ2v) is 5.49. The largest absolute Gasteiger partial charge is 0.303 e. The van der Waals surface area contributed by atoms with E-state index in [0.29, 0.717) is 12.1 Å². The molecule has 2 unspecified atom stereocenters. The van der Waals surface area contributed by atoms with Gasteiger partial charge in [-0.2, -0.15) is 5.10 Å². The molecule has 1 heterocycles. The molecule has 0 saturated carbocycles. The van der Waals surface area contributed by atoms with Crippen molar-refractivity contribution >= 4 is 0 Å². The molecule has 0 radical (unpaired) electrons. The molecule has 3 heteroatoms. The fraction of sp³-hybridized carbons (Fsp3) is 0.438. The molecule has 2 aromatic rings. The van der Waals surface area contributed by atoms with Crippen LogP contribution in [-0.4, -0.2) is 9.78 Å². The molecule has 1 N–H and O–H groups in total. The Morgan fingerprint density at radius 1 is 1.37 bits per heavy atom. The molecule has 1 aromatic carbocycles. The second kappa shape index (κ2) is 4.82. The van der Waals surface area contributed by atoms with Gasteiger partial charge >= 0.3 is 0 Å². The fourth-order valence-electron chi connectivity index (χ4n) is 3.06. The summed E-state index contributed by atoms with van der Waals surface area (Å²) in [5.74, 6) is 0. The predicted octanol–water partition coefficient (Wildman–Crippen LogP) is 3.07. The Kier molecular flexibility index (Phi) is 3.15. The molecule has 0 fully saturated rings. The van der Waals surface area contributed by atoms with Gasteiger partial charge < -0.3 is 5.32 Å². The third-order valence-corrected chi connectivity index (χ3v) is 4.32. The third kappa shape index (κ3) is 2.19. The Morgan fingerprint density at radius 2 is 2.16 bits per heavy atom. The predicted molar refractivity (Wildman–Crippen MR) is 77.0 cm³/mol. The van der Waals surface area contributed by atoms with Crippen molar-refractivity contribution < 1.29 is 0 Å². The van der Waals surface area contributed by atoms with Gasteiger partial charge in [0.1, 0.15) is 0 Å². The maximum absolute atomic E-state index is 4.33. The summed E-state index contributed by atoms with van der Waals surface area (Å²) in [4.78, 5) is 0. The maximum atomic E-state index is 4.33. The van der Waals surface area contributed by atoms with E-state index in [1.54, 1.807) is 0 Å². The van der Waals surface area contributed by atoms with E-state index in [1.807, 2.05) is 17.9 Å². The lowest BCUT2D eigenvalue weighted by Crippen LogP contribution is -2.23. The zero-order chi connectivity index (χ0) is 13.4. The first-order chi connectivity index (χ1) is 9.16. The van der Waals surface area contributed by atoms with E-state index in [2.05, 4.69) is 48.5 Å². The average Bonchev–Trinajstić information content (AvgIpc) is 2.96. The minimum atomic E-state index is 0.338. The van der Waals surface area contributed by atoms with Crippen molar-refractivity contribution in [2.75, 3.05) is 0 Å². The first-order valence-electron chi connectivity index (χ1n) is 6.99. The number of nitrogens with one attached hydrogen (secondary N) is 1. The Hall–Kier alpha value is -1.61. The van der Waals surface area contributed by atoms with Crippen LogP contribution in [-0.2, 0) is 13.5 Å². The van der Waals surface area contributed by atoms with Gasteiger partial charge in [0.15, 0.2) is 0 Å². The molecule has 1 aromatic heterocycles. The number of rotatable bonds is 3. The number of hydrogen-bond donors (Lipinski definition) is 1. The van der Waals surface area contributed by atoms with E-state index < -0.39 is 0 Å². The lowest BCUT2D eigenvalue weighted by Gasteiger charge is -2.20. The summed E-state index contributed by atoms with van der Waals surface area (Å²) in [6.45, 7) is 4.36. The average molecular weight is 255 g/mol. The van der Waals surface area contributed by atoms with E-state index in [0.717, 1.165) is 0 Å². The number of aryl methyl sites for hydroxylation is 2. The van der Waals surface area contributed by atoms with Gasteiger partial charge in [0.2, 0.25) is 0 Å². The Labute approximate surface area is 114 Å². The molecule has 0 spiro atoms. The second-order valence-electron chi connectivity index (χ2n) is 5.49. The molecule has 0 amide bonds. The van der Waals surface area contributed by atoms with Gasteiger partial charge in [-0.25, -0.2) is 0 Å². The van der Waals surface area contributed by atoms with Crippen LogP contribution in [0.2, 0.25) is 0 Å². The number of hydrogen-bond acceptors (Lipinski definition) is 2. The van der Waals surface area contributed by atoms with Gasteiger partial charge in [-0.1, -0.05) is 24.3 Å².